The van der Waals surface area contributed by atoms with Gasteiger partial charge in [-0.05, 0) is 0 Å². The van der Waals surface area contributed by atoms with E-state index in [4.69, 9.17) is 5.11 Å². The molecule has 0 amide bonds. The fourth-order valence-corrected chi connectivity index (χ4v) is 9.77. The SMILES string of the molecule is C[CH2][Hg][S]c1ccccc1C(=O)O.[H-].[H-].[Na+].[Na+]. The van der Waals surface area contributed by atoms with Crippen molar-refractivity contribution in [1.82, 2.24) is 0 Å². The molecule has 0 spiro atoms. The van der Waals surface area contributed by atoms with Gasteiger partial charge in [-0.2, -0.15) is 0 Å². The van der Waals surface area contributed by atoms with Crippen molar-refractivity contribution in [3.63, 3.8) is 0 Å². The van der Waals surface area contributed by atoms with Gasteiger partial charge in [0.15, 0.2) is 0 Å². The number of benzene rings is 1. The maximum absolute atomic E-state index is 10.8. The largest absolute Gasteiger partial charge is 1.00 e. The number of rotatable bonds is 4. The number of carbonyl (C=O) groups is 1. The first-order valence-corrected chi connectivity index (χ1v) is 15.8. The third kappa shape index (κ3) is 7.09. The molecule has 0 heterocycles. The Morgan fingerprint density at radius 1 is 1.47 bits per heavy atom. The van der Waals surface area contributed by atoms with Crippen LogP contribution in [-0.4, -0.2) is 11.1 Å². The first kappa shape index (κ1) is 19.3. The van der Waals surface area contributed by atoms with Crippen LogP contribution >= 0.6 is 8.24 Å². The monoisotopic (exact) mass is 432 g/mol. The summed E-state index contributed by atoms with van der Waals surface area (Å²) >= 11 is -0.860. The van der Waals surface area contributed by atoms with E-state index in [2.05, 4.69) is 6.92 Å². The second kappa shape index (κ2) is 11.1. The Bertz CT molecular complexity index is 319. The van der Waals surface area contributed by atoms with Crippen molar-refractivity contribution in [2.75, 3.05) is 0 Å². The van der Waals surface area contributed by atoms with Crippen LogP contribution in [0.4, 0.5) is 0 Å². The molecule has 15 heavy (non-hydrogen) atoms. The molecule has 1 aromatic carbocycles. The molecule has 0 fully saturated rings. The summed E-state index contributed by atoms with van der Waals surface area (Å²) in [7, 11) is 1.82. The van der Waals surface area contributed by atoms with Crippen LogP contribution in [0.3, 0.4) is 0 Å². The van der Waals surface area contributed by atoms with Crippen molar-refractivity contribution in [3.05, 3.63) is 29.8 Å². The van der Waals surface area contributed by atoms with Crippen molar-refractivity contribution in [2.45, 2.75) is 15.7 Å². The van der Waals surface area contributed by atoms with Gasteiger partial charge in [0.2, 0.25) is 0 Å². The molecule has 0 atom stereocenters. The molecule has 0 aliphatic heterocycles. The molecule has 0 saturated carbocycles. The molecule has 0 aliphatic rings. The average molecular weight is 431 g/mol. The van der Waals surface area contributed by atoms with E-state index >= 15 is 0 Å². The third-order valence-corrected chi connectivity index (χ3v) is 13.6. The van der Waals surface area contributed by atoms with Gasteiger partial charge in [-0.25, -0.2) is 0 Å². The smallest absolute Gasteiger partial charge is 1.00 e. The van der Waals surface area contributed by atoms with Gasteiger partial charge in [0.05, 0.1) is 0 Å². The number of carboxylic acid groups (broad SMARTS) is 1. The molecule has 70 valence electrons. The Kier molecular flexibility index (Phi) is 14.3. The zero-order chi connectivity index (χ0) is 9.68. The fourth-order valence-electron chi connectivity index (χ4n) is 0.981. The molecular weight excluding hydrogens is 419 g/mol. The number of hydrogen-bond acceptors (Lipinski definition) is 2. The molecule has 0 aromatic heterocycles. The maximum Gasteiger partial charge on any atom is 1.00 e. The summed E-state index contributed by atoms with van der Waals surface area (Å²) in [4.78, 5) is 11.8. The van der Waals surface area contributed by atoms with Gasteiger partial charge in [-0.1, -0.05) is 0 Å². The molecule has 0 unspecified atom stereocenters. The molecule has 1 N–H and O–H groups in total. The van der Waals surface area contributed by atoms with Crippen LogP contribution in [0.2, 0.25) is 3.93 Å². The molecule has 2 nitrogen and oxygen atoms in total. The van der Waals surface area contributed by atoms with E-state index in [1.807, 2.05) is 20.4 Å². The Morgan fingerprint density at radius 3 is 2.60 bits per heavy atom. The predicted octanol–water partition coefficient (Wildman–Crippen LogP) is -2.85. The van der Waals surface area contributed by atoms with E-state index < -0.39 is 29.0 Å². The van der Waals surface area contributed by atoms with E-state index in [1.54, 1.807) is 12.1 Å². The van der Waals surface area contributed by atoms with E-state index in [0.717, 1.165) is 4.90 Å². The van der Waals surface area contributed by atoms with E-state index in [0.29, 0.717) is 5.56 Å². The molecule has 1 aromatic rings. The van der Waals surface area contributed by atoms with Gasteiger partial charge in [0.1, 0.15) is 0 Å². The van der Waals surface area contributed by atoms with Crippen molar-refractivity contribution in [2.24, 2.45) is 0 Å². The molecule has 0 saturated heterocycles. The first-order valence-electron chi connectivity index (χ1n) is 4.20. The topological polar surface area (TPSA) is 37.3 Å². The molecule has 0 radical (unpaired) electrons. The van der Waals surface area contributed by atoms with Crippen LogP contribution in [0.5, 0.6) is 0 Å². The normalized spacial score (nSPS) is 8.07. The number of hydrogen-bond donors (Lipinski definition) is 1. The average Bonchev–Trinajstić information content (AvgIpc) is 2.15. The quantitative estimate of drug-likeness (QED) is 0.523. The van der Waals surface area contributed by atoms with Crippen LogP contribution in [0.15, 0.2) is 29.2 Å². The molecule has 0 aliphatic carbocycles. The van der Waals surface area contributed by atoms with Gasteiger partial charge >= 0.3 is 152 Å². The summed E-state index contributed by atoms with van der Waals surface area (Å²) in [5.74, 6) is -0.812. The van der Waals surface area contributed by atoms with Crippen LogP contribution in [0.25, 0.3) is 0 Å². The van der Waals surface area contributed by atoms with Gasteiger partial charge in [0, 0.05) is 0 Å². The Balaban J connectivity index is -0.000000211. The summed E-state index contributed by atoms with van der Waals surface area (Å²) < 4.78 is 1.28. The minimum atomic E-state index is -0.860. The van der Waals surface area contributed by atoms with Crippen LogP contribution < -0.4 is 59.1 Å². The Hall–Kier alpha value is 1.98. The second-order valence-electron chi connectivity index (χ2n) is 2.65. The minimum absolute atomic E-state index is 0. The maximum atomic E-state index is 10.8. The predicted molar refractivity (Wildman–Crippen MR) is 52.0 cm³/mol. The summed E-state index contributed by atoms with van der Waals surface area (Å²) in [5.41, 5.74) is 0.459. The van der Waals surface area contributed by atoms with E-state index in [1.165, 1.54) is 3.93 Å². The summed E-state index contributed by atoms with van der Waals surface area (Å²) in [6, 6.07) is 7.26. The van der Waals surface area contributed by atoms with E-state index in [-0.39, 0.29) is 62.0 Å². The Labute approximate surface area is 152 Å². The van der Waals surface area contributed by atoms with Crippen molar-refractivity contribution < 1.29 is 94.9 Å². The molecular formula is C9H12HgNa2O2S. The third-order valence-electron chi connectivity index (χ3n) is 1.58. The molecule has 0 bridgehead atoms. The van der Waals surface area contributed by atoms with Gasteiger partial charge in [-0.3, -0.25) is 0 Å². The van der Waals surface area contributed by atoms with Crippen LogP contribution in [0, 0.1) is 0 Å². The number of aromatic carboxylic acids is 1. The molecule has 6 heteroatoms. The minimum Gasteiger partial charge on any atom is -1.00 e. The van der Waals surface area contributed by atoms with Crippen molar-refractivity contribution in [1.29, 1.82) is 0 Å². The number of carboxylic acids is 1. The van der Waals surface area contributed by atoms with Gasteiger partial charge in [-0.15, -0.1) is 0 Å². The summed E-state index contributed by atoms with van der Waals surface area (Å²) in [5, 5.41) is 8.88. The molecule has 1 rings (SSSR count). The fraction of sp³-hybridized carbons (Fsp3) is 0.222. The van der Waals surface area contributed by atoms with Crippen LogP contribution in [0.1, 0.15) is 20.1 Å². The second-order valence-corrected chi connectivity index (χ2v) is 15.8. The van der Waals surface area contributed by atoms with Gasteiger partial charge in [0.25, 0.3) is 0 Å². The zero-order valence-electron chi connectivity index (χ0n) is 11.5. The first-order chi connectivity index (χ1) is 6.25. The standard InChI is InChI=1S/C7H6O2S.C2H5.Hg.2Na.2H/c8-7(9)5-3-1-2-4-6(5)10;1-2;;;;;/h1-4,10H,(H,8,9);1H2,2H3;;;;;/q;;3*+1;2*-1/p-1. The van der Waals surface area contributed by atoms with Crippen LogP contribution in [-0.2, 0) is 23.1 Å². The van der Waals surface area contributed by atoms with E-state index in [9.17, 15) is 4.79 Å². The zero-order valence-corrected chi connectivity index (χ0v) is 19.8. The van der Waals surface area contributed by atoms with Gasteiger partial charge < -0.3 is 2.85 Å². The summed E-state index contributed by atoms with van der Waals surface area (Å²) in [6.07, 6.45) is 0. The summed E-state index contributed by atoms with van der Waals surface area (Å²) in [6.45, 7) is 2.18. The van der Waals surface area contributed by atoms with Crippen molar-refractivity contribution in [3.8, 4) is 0 Å². The van der Waals surface area contributed by atoms with Crippen molar-refractivity contribution >= 4 is 14.2 Å². The Morgan fingerprint density at radius 2 is 2.07 bits per heavy atom.